The lowest BCUT2D eigenvalue weighted by Crippen LogP contribution is -2.41. The third kappa shape index (κ3) is 5.30. The number of fused-ring (bicyclic) bond motifs is 3. The first kappa shape index (κ1) is 23.6. The van der Waals surface area contributed by atoms with Crippen LogP contribution in [0.25, 0.3) is 0 Å². The Labute approximate surface area is 196 Å². The maximum absolute atomic E-state index is 12.5. The Balaban J connectivity index is 1.64. The molecule has 2 aromatic carbocycles. The quantitative estimate of drug-likeness (QED) is 0.449. The smallest absolute Gasteiger partial charge is 0.0967 e. The lowest BCUT2D eigenvalue weighted by molar-refractivity contribution is -0.0563. The third-order valence-electron chi connectivity index (χ3n) is 8.87. The molecule has 2 bridgehead atoms. The van der Waals surface area contributed by atoms with Crippen molar-refractivity contribution in [3.05, 3.63) is 71.3 Å². The van der Waals surface area contributed by atoms with Gasteiger partial charge >= 0.3 is 0 Å². The Bertz CT molecular complexity index is 823. The van der Waals surface area contributed by atoms with Gasteiger partial charge in [0.2, 0.25) is 0 Å². The van der Waals surface area contributed by atoms with Gasteiger partial charge in [0.05, 0.1) is 5.60 Å². The zero-order valence-electron chi connectivity index (χ0n) is 20.6. The van der Waals surface area contributed by atoms with Crippen LogP contribution < -0.4 is 0 Å². The summed E-state index contributed by atoms with van der Waals surface area (Å²) in [6.45, 7) is 7.09. The molecular formula is C31H44O. The van der Waals surface area contributed by atoms with E-state index in [1.165, 1.54) is 56.1 Å². The molecule has 1 heteroatoms. The molecule has 6 atom stereocenters. The molecule has 0 saturated heterocycles. The van der Waals surface area contributed by atoms with E-state index >= 15 is 0 Å². The van der Waals surface area contributed by atoms with Crippen LogP contribution in [-0.4, -0.2) is 5.11 Å². The van der Waals surface area contributed by atoms with Crippen LogP contribution in [0.4, 0.5) is 0 Å². The van der Waals surface area contributed by atoms with E-state index in [2.05, 4.69) is 75.4 Å². The van der Waals surface area contributed by atoms with E-state index in [1.807, 2.05) is 0 Å². The van der Waals surface area contributed by atoms with Crippen molar-refractivity contribution in [2.24, 2.45) is 29.6 Å². The topological polar surface area (TPSA) is 20.2 Å². The van der Waals surface area contributed by atoms with E-state index in [0.29, 0.717) is 11.8 Å². The number of hydrogen-bond acceptors (Lipinski definition) is 1. The second kappa shape index (κ2) is 10.6. The normalized spacial score (nSPS) is 28.5. The van der Waals surface area contributed by atoms with Crippen molar-refractivity contribution < 1.29 is 5.11 Å². The van der Waals surface area contributed by atoms with Crippen LogP contribution >= 0.6 is 0 Å². The maximum Gasteiger partial charge on any atom is 0.0967 e. The van der Waals surface area contributed by atoms with E-state index in [0.717, 1.165) is 42.6 Å². The Kier molecular flexibility index (Phi) is 7.77. The van der Waals surface area contributed by atoms with Gasteiger partial charge in [0, 0.05) is 6.42 Å². The second-order valence-corrected chi connectivity index (χ2v) is 11.2. The molecule has 32 heavy (non-hydrogen) atoms. The van der Waals surface area contributed by atoms with Gasteiger partial charge in [0.25, 0.3) is 0 Å². The van der Waals surface area contributed by atoms with Gasteiger partial charge in [-0.1, -0.05) is 94.6 Å². The van der Waals surface area contributed by atoms with Crippen molar-refractivity contribution in [2.45, 2.75) is 90.6 Å². The van der Waals surface area contributed by atoms with Crippen LogP contribution in [0.3, 0.4) is 0 Å². The fourth-order valence-corrected chi connectivity index (χ4v) is 6.94. The fraction of sp³-hybridized carbons (Fsp3) is 0.613. The van der Waals surface area contributed by atoms with Gasteiger partial charge < -0.3 is 5.11 Å². The highest BCUT2D eigenvalue weighted by Crippen LogP contribution is 2.50. The number of rotatable bonds is 8. The van der Waals surface area contributed by atoms with Gasteiger partial charge in [-0.05, 0) is 84.8 Å². The SMILES string of the molecule is CCCC(C)Cc1ccc(C(O)(Cc2ccccc2)C2CCC3CCC2CCC3C)cc1. The Hall–Kier alpha value is -1.60. The minimum absolute atomic E-state index is 0.352. The van der Waals surface area contributed by atoms with Crippen LogP contribution in [0, 0.1) is 29.6 Å². The first-order valence-corrected chi connectivity index (χ1v) is 13.3. The van der Waals surface area contributed by atoms with Crippen molar-refractivity contribution in [3.63, 3.8) is 0 Å². The monoisotopic (exact) mass is 432 g/mol. The van der Waals surface area contributed by atoms with Crippen LogP contribution in [0.5, 0.6) is 0 Å². The molecule has 0 radical (unpaired) electrons. The molecule has 2 fully saturated rings. The molecule has 174 valence electrons. The van der Waals surface area contributed by atoms with E-state index in [9.17, 15) is 5.11 Å². The molecule has 4 rings (SSSR count). The summed E-state index contributed by atoms with van der Waals surface area (Å²) in [4.78, 5) is 0. The average molecular weight is 433 g/mol. The summed E-state index contributed by atoms with van der Waals surface area (Å²) in [6.07, 6.45) is 12.1. The number of hydrogen-bond donors (Lipinski definition) is 1. The van der Waals surface area contributed by atoms with Gasteiger partial charge in [-0.15, -0.1) is 0 Å². The highest BCUT2D eigenvalue weighted by Gasteiger charge is 2.45. The zero-order valence-corrected chi connectivity index (χ0v) is 20.6. The number of aliphatic hydroxyl groups is 1. The minimum atomic E-state index is -0.783. The summed E-state index contributed by atoms with van der Waals surface area (Å²) in [5, 5.41) is 12.5. The predicted molar refractivity (Wildman–Crippen MR) is 136 cm³/mol. The summed E-state index contributed by atoms with van der Waals surface area (Å²) in [6, 6.07) is 19.8. The minimum Gasteiger partial charge on any atom is -0.385 e. The second-order valence-electron chi connectivity index (χ2n) is 11.2. The Morgan fingerprint density at radius 1 is 0.844 bits per heavy atom. The molecule has 2 saturated carbocycles. The molecule has 0 spiro atoms. The Morgan fingerprint density at radius 2 is 1.50 bits per heavy atom. The summed E-state index contributed by atoms with van der Waals surface area (Å²) in [5.41, 5.74) is 3.01. The first-order chi connectivity index (χ1) is 15.5. The molecule has 1 nitrogen and oxygen atoms in total. The molecule has 0 aromatic heterocycles. The standard InChI is InChI=1S/C31H44O/c1-4-8-23(2)21-25-12-18-29(19-13-25)31(32,22-26-9-6-5-7-10-26)30-20-17-27-15-16-28(30)14-11-24(27)3/h5-7,9-10,12-13,18-19,23-24,27-28,30,32H,4,8,11,14-17,20-22H2,1-3H3. The van der Waals surface area contributed by atoms with Crippen molar-refractivity contribution in [1.82, 2.24) is 0 Å². The molecule has 0 aliphatic heterocycles. The predicted octanol–water partition coefficient (Wildman–Crippen LogP) is 7.95. The van der Waals surface area contributed by atoms with E-state index in [4.69, 9.17) is 0 Å². The summed E-state index contributed by atoms with van der Waals surface area (Å²) in [5.74, 6) is 3.42. The van der Waals surface area contributed by atoms with Gasteiger partial charge in [-0.25, -0.2) is 0 Å². The van der Waals surface area contributed by atoms with Crippen LogP contribution in [-0.2, 0) is 18.4 Å². The van der Waals surface area contributed by atoms with Crippen LogP contribution in [0.2, 0.25) is 0 Å². The zero-order chi connectivity index (χ0) is 22.6. The molecular weight excluding hydrogens is 388 g/mol. The average Bonchev–Trinajstić information content (AvgIpc) is 3.11. The van der Waals surface area contributed by atoms with Crippen molar-refractivity contribution >= 4 is 0 Å². The highest BCUT2D eigenvalue weighted by molar-refractivity contribution is 5.31. The van der Waals surface area contributed by atoms with Crippen molar-refractivity contribution in [2.75, 3.05) is 0 Å². The van der Waals surface area contributed by atoms with Gasteiger partial charge in [0.1, 0.15) is 0 Å². The molecule has 0 heterocycles. The van der Waals surface area contributed by atoms with Crippen LogP contribution in [0.15, 0.2) is 54.6 Å². The molecule has 2 aliphatic carbocycles. The first-order valence-electron chi connectivity index (χ1n) is 13.3. The molecule has 2 aliphatic rings. The van der Waals surface area contributed by atoms with Gasteiger partial charge in [-0.2, -0.15) is 0 Å². The van der Waals surface area contributed by atoms with E-state index < -0.39 is 5.60 Å². The summed E-state index contributed by atoms with van der Waals surface area (Å²) in [7, 11) is 0. The maximum atomic E-state index is 12.5. The van der Waals surface area contributed by atoms with Crippen molar-refractivity contribution in [3.8, 4) is 0 Å². The highest BCUT2D eigenvalue weighted by atomic mass is 16.3. The Morgan fingerprint density at radius 3 is 2.22 bits per heavy atom. The lowest BCUT2D eigenvalue weighted by Gasteiger charge is -2.42. The summed E-state index contributed by atoms with van der Waals surface area (Å²) < 4.78 is 0. The fourth-order valence-electron chi connectivity index (χ4n) is 6.94. The molecule has 2 aromatic rings. The molecule has 1 N–H and O–H groups in total. The van der Waals surface area contributed by atoms with E-state index in [1.54, 1.807) is 0 Å². The number of benzene rings is 2. The largest absolute Gasteiger partial charge is 0.385 e. The molecule has 0 amide bonds. The lowest BCUT2D eigenvalue weighted by atomic mass is 9.67. The summed E-state index contributed by atoms with van der Waals surface area (Å²) >= 11 is 0. The van der Waals surface area contributed by atoms with Crippen LogP contribution in [0.1, 0.15) is 88.8 Å². The van der Waals surface area contributed by atoms with E-state index in [-0.39, 0.29) is 0 Å². The van der Waals surface area contributed by atoms with Gasteiger partial charge in [0.15, 0.2) is 0 Å². The van der Waals surface area contributed by atoms with Crippen molar-refractivity contribution in [1.29, 1.82) is 0 Å². The molecule has 6 unspecified atom stereocenters. The van der Waals surface area contributed by atoms with Gasteiger partial charge in [-0.3, -0.25) is 0 Å². The third-order valence-corrected chi connectivity index (χ3v) is 8.87.